The lowest BCUT2D eigenvalue weighted by molar-refractivity contribution is 0.371. The highest BCUT2D eigenvalue weighted by molar-refractivity contribution is 6.07. The van der Waals surface area contributed by atoms with E-state index < -0.39 is 0 Å². The van der Waals surface area contributed by atoms with Crippen LogP contribution in [0.4, 0.5) is 0 Å². The Morgan fingerprint density at radius 2 is 2.57 bits per heavy atom. The van der Waals surface area contributed by atoms with Gasteiger partial charge in [-0.2, -0.15) is 4.99 Å². The summed E-state index contributed by atoms with van der Waals surface area (Å²) in [6.45, 7) is 1.44. The van der Waals surface area contributed by atoms with Crippen LogP contribution in [-0.2, 0) is 9.08 Å². The molecule has 0 atom stereocenters. The lowest BCUT2D eigenvalue weighted by atomic mass is 10.7. The second kappa shape index (κ2) is 3.81. The van der Waals surface area contributed by atoms with Crippen LogP contribution in [0.15, 0.2) is 4.99 Å². The van der Waals surface area contributed by atoms with Gasteiger partial charge in [0, 0.05) is 0 Å². The Hall–Kier alpha value is -0.370. The zero-order valence-electron chi connectivity index (χ0n) is 3.64. The lowest BCUT2D eigenvalue weighted by Crippen LogP contribution is -1.81. The van der Waals surface area contributed by atoms with E-state index >= 15 is 0 Å². The Balaban J connectivity index is 3.35. The number of isocyanates is 1. The summed E-state index contributed by atoms with van der Waals surface area (Å²) >= 11 is 4.72. The Bertz CT molecular complexity index is 88.9. The molecule has 0 aliphatic carbocycles. The van der Waals surface area contributed by atoms with E-state index in [2.05, 4.69) is 9.28 Å². The van der Waals surface area contributed by atoms with Crippen LogP contribution < -0.4 is 0 Å². The molecule has 0 amide bonds. The fourth-order valence-corrected chi connectivity index (χ4v) is 0.116. The number of carbonyl (C=O) groups excluding carboxylic acids is 1. The van der Waals surface area contributed by atoms with Crippen LogP contribution in [0.1, 0.15) is 6.92 Å². The van der Waals surface area contributed by atoms with Gasteiger partial charge in [0.1, 0.15) is 0 Å². The van der Waals surface area contributed by atoms with Crippen molar-refractivity contribution in [3.8, 4) is 0 Å². The second-order valence-corrected chi connectivity index (χ2v) is 0.954. The van der Waals surface area contributed by atoms with Gasteiger partial charge in [0.15, 0.2) is 0 Å². The number of hydrogen-bond donors (Lipinski definition) is 0. The van der Waals surface area contributed by atoms with Gasteiger partial charge in [0.2, 0.25) is 12.3 Å². The maximum Gasteiger partial charge on any atom is 0.238 e. The number of hydrogen-bond acceptors (Lipinski definition) is 3. The summed E-state index contributed by atoms with van der Waals surface area (Å²) in [5, 5.41) is 0. The SMILES string of the molecule is C[C](N=C=O)OCl. The van der Waals surface area contributed by atoms with Gasteiger partial charge in [0.25, 0.3) is 0 Å². The number of halogens is 1. The van der Waals surface area contributed by atoms with E-state index in [0.717, 1.165) is 0 Å². The molecule has 3 nitrogen and oxygen atoms in total. The minimum Gasteiger partial charge on any atom is -0.243 e. The van der Waals surface area contributed by atoms with Crippen LogP contribution in [0.2, 0.25) is 0 Å². The van der Waals surface area contributed by atoms with E-state index in [4.69, 9.17) is 11.9 Å². The smallest absolute Gasteiger partial charge is 0.238 e. The summed E-state index contributed by atoms with van der Waals surface area (Å²) < 4.78 is 3.95. The molecule has 0 spiro atoms. The molecule has 7 heavy (non-hydrogen) atoms. The molecule has 0 aliphatic heterocycles. The van der Waals surface area contributed by atoms with Crippen LogP contribution in [-0.4, -0.2) is 6.08 Å². The fraction of sp³-hybridized carbons (Fsp3) is 0.333. The Kier molecular flexibility index (Phi) is 3.61. The summed E-state index contributed by atoms with van der Waals surface area (Å²) in [5.41, 5.74) is 0. The Morgan fingerprint density at radius 3 is 2.71 bits per heavy atom. The van der Waals surface area contributed by atoms with Crippen molar-refractivity contribution >= 4 is 17.9 Å². The van der Waals surface area contributed by atoms with E-state index in [0.29, 0.717) is 0 Å². The fourth-order valence-electron chi connectivity index (χ4n) is 0.0815. The van der Waals surface area contributed by atoms with Crippen LogP contribution in [0.3, 0.4) is 0 Å². The third-order valence-electron chi connectivity index (χ3n) is 0.315. The third kappa shape index (κ3) is 3.46. The highest BCUT2D eigenvalue weighted by Gasteiger charge is 1.94. The Labute approximate surface area is 46.1 Å². The molecule has 0 unspecified atom stereocenters. The van der Waals surface area contributed by atoms with Crippen molar-refractivity contribution in [3.63, 3.8) is 0 Å². The van der Waals surface area contributed by atoms with Gasteiger partial charge >= 0.3 is 0 Å². The predicted molar refractivity (Wildman–Crippen MR) is 24.0 cm³/mol. The number of nitrogens with zero attached hydrogens (tertiary/aromatic N) is 1. The van der Waals surface area contributed by atoms with E-state index in [1.165, 1.54) is 13.0 Å². The van der Waals surface area contributed by atoms with Crippen molar-refractivity contribution < 1.29 is 9.08 Å². The standard InChI is InChI=1S/C3H3ClNO2/c1-3(7-4)5-2-6/h1H3. The molecule has 0 aromatic rings. The van der Waals surface area contributed by atoms with E-state index in [9.17, 15) is 4.79 Å². The first-order valence-electron chi connectivity index (χ1n) is 1.51. The highest BCUT2D eigenvalue weighted by Crippen LogP contribution is 2.01. The average Bonchev–Trinajstić information content (AvgIpc) is 1.68. The minimum absolute atomic E-state index is 0.0941. The van der Waals surface area contributed by atoms with Gasteiger partial charge in [-0.15, -0.1) is 0 Å². The molecule has 0 saturated heterocycles. The van der Waals surface area contributed by atoms with Gasteiger partial charge < -0.3 is 0 Å². The van der Waals surface area contributed by atoms with Gasteiger partial charge in [-0.3, -0.25) is 0 Å². The lowest BCUT2D eigenvalue weighted by Gasteiger charge is -1.88. The average molecular weight is 121 g/mol. The van der Waals surface area contributed by atoms with Gasteiger partial charge in [-0.25, -0.2) is 9.08 Å². The number of rotatable bonds is 2. The topological polar surface area (TPSA) is 38.7 Å². The van der Waals surface area contributed by atoms with Crippen molar-refractivity contribution in [1.29, 1.82) is 0 Å². The monoisotopic (exact) mass is 120 g/mol. The summed E-state index contributed by atoms with van der Waals surface area (Å²) in [4.78, 5) is 12.3. The molecule has 0 saturated carbocycles. The Morgan fingerprint density at radius 1 is 2.00 bits per heavy atom. The molecule has 0 rings (SSSR count). The van der Waals surface area contributed by atoms with Crippen LogP contribution >= 0.6 is 11.9 Å². The molecule has 0 aromatic heterocycles. The zero-order valence-corrected chi connectivity index (χ0v) is 4.40. The first-order valence-corrected chi connectivity index (χ1v) is 1.82. The second-order valence-electron chi connectivity index (χ2n) is 0.799. The van der Waals surface area contributed by atoms with Crippen LogP contribution in [0.25, 0.3) is 0 Å². The molecule has 1 radical (unpaired) electrons. The van der Waals surface area contributed by atoms with Crippen LogP contribution in [0.5, 0.6) is 0 Å². The van der Waals surface area contributed by atoms with Crippen molar-refractivity contribution in [2.75, 3.05) is 0 Å². The molecule has 0 heterocycles. The minimum atomic E-state index is 0.0941. The van der Waals surface area contributed by atoms with Crippen LogP contribution in [0, 0.1) is 6.23 Å². The molecular formula is C3H3ClNO2. The molecule has 39 valence electrons. The van der Waals surface area contributed by atoms with Crippen molar-refractivity contribution in [2.45, 2.75) is 6.92 Å². The largest absolute Gasteiger partial charge is 0.243 e. The normalized spacial score (nSPS) is 8.43. The molecule has 4 heteroatoms. The van der Waals surface area contributed by atoms with Gasteiger partial charge in [0.05, 0.1) is 11.9 Å². The maximum atomic E-state index is 9.32. The van der Waals surface area contributed by atoms with Gasteiger partial charge in [-0.05, 0) is 6.92 Å². The molecule has 0 aliphatic rings. The summed E-state index contributed by atoms with van der Waals surface area (Å²) in [5.74, 6) is 0. The van der Waals surface area contributed by atoms with E-state index in [1.807, 2.05) is 0 Å². The molecule has 0 aromatic carbocycles. The summed E-state index contributed by atoms with van der Waals surface area (Å²) in [7, 11) is 0. The molecular weight excluding hydrogens is 117 g/mol. The third-order valence-corrected chi connectivity index (χ3v) is 0.538. The zero-order chi connectivity index (χ0) is 5.70. The van der Waals surface area contributed by atoms with Crippen molar-refractivity contribution in [3.05, 3.63) is 6.23 Å². The van der Waals surface area contributed by atoms with E-state index in [-0.39, 0.29) is 6.23 Å². The number of aliphatic imine (C=N–C) groups is 1. The summed E-state index contributed by atoms with van der Waals surface area (Å²) in [6.07, 6.45) is 1.34. The first-order chi connectivity index (χ1) is 3.31. The summed E-state index contributed by atoms with van der Waals surface area (Å²) in [6, 6.07) is 0. The predicted octanol–water partition coefficient (Wildman–Crippen LogP) is 1.00. The first kappa shape index (κ1) is 6.63. The highest BCUT2D eigenvalue weighted by atomic mass is 35.5. The molecule has 0 bridgehead atoms. The quantitative estimate of drug-likeness (QED) is 0.403. The van der Waals surface area contributed by atoms with Crippen molar-refractivity contribution in [2.24, 2.45) is 4.99 Å². The van der Waals surface area contributed by atoms with E-state index in [1.54, 1.807) is 0 Å². The molecule has 0 fully saturated rings. The van der Waals surface area contributed by atoms with Gasteiger partial charge in [-0.1, -0.05) is 0 Å². The maximum absolute atomic E-state index is 9.32. The van der Waals surface area contributed by atoms with Crippen molar-refractivity contribution in [1.82, 2.24) is 0 Å². The molecule has 0 N–H and O–H groups in total.